The van der Waals surface area contributed by atoms with Crippen LogP contribution in [0, 0.1) is 11.3 Å². The number of fused-ring (bicyclic) bond motifs is 1. The molecule has 5 N–H and O–H groups in total. The monoisotopic (exact) mass is 408 g/mol. The van der Waals surface area contributed by atoms with Crippen molar-refractivity contribution in [3.8, 4) is 17.7 Å². The molecule has 3 heterocycles. The number of hydrogen-bond donors (Lipinski definition) is 3. The van der Waals surface area contributed by atoms with Crippen molar-refractivity contribution in [3.63, 3.8) is 0 Å². The molecule has 1 aliphatic heterocycles. The first kappa shape index (κ1) is 19.1. The minimum atomic E-state index is -0.716. The fourth-order valence-electron chi connectivity index (χ4n) is 3.27. The SMILES string of the molecule is N#C[C@@H]1CSCN1C(=O)[C@@H](N)Cc1c[nH]c2ccc(Oc3ccc(N)cn3)cc12. The van der Waals surface area contributed by atoms with Gasteiger partial charge in [-0.25, -0.2) is 4.98 Å². The summed E-state index contributed by atoms with van der Waals surface area (Å²) in [6.07, 6.45) is 3.75. The largest absolute Gasteiger partial charge is 0.439 e. The van der Waals surface area contributed by atoms with Crippen molar-refractivity contribution < 1.29 is 9.53 Å². The lowest BCUT2D eigenvalue weighted by atomic mass is 10.0. The van der Waals surface area contributed by atoms with Gasteiger partial charge in [0.25, 0.3) is 0 Å². The Morgan fingerprint density at radius 2 is 2.31 bits per heavy atom. The highest BCUT2D eigenvalue weighted by atomic mass is 32.2. The van der Waals surface area contributed by atoms with Gasteiger partial charge in [-0.2, -0.15) is 5.26 Å². The quantitative estimate of drug-likeness (QED) is 0.589. The summed E-state index contributed by atoms with van der Waals surface area (Å²) < 4.78 is 5.80. The number of ether oxygens (including phenoxy) is 1. The lowest BCUT2D eigenvalue weighted by Crippen LogP contribution is -2.47. The van der Waals surface area contributed by atoms with Gasteiger partial charge >= 0.3 is 0 Å². The number of benzene rings is 1. The molecule has 29 heavy (non-hydrogen) atoms. The normalized spacial score (nSPS) is 17.2. The molecule has 9 heteroatoms. The predicted octanol–water partition coefficient (Wildman–Crippen LogP) is 2.23. The molecule has 0 saturated carbocycles. The zero-order valence-electron chi connectivity index (χ0n) is 15.5. The number of hydrogen-bond acceptors (Lipinski definition) is 7. The van der Waals surface area contributed by atoms with E-state index in [2.05, 4.69) is 16.0 Å². The van der Waals surface area contributed by atoms with Gasteiger partial charge in [-0.15, -0.1) is 11.8 Å². The molecule has 1 amide bonds. The van der Waals surface area contributed by atoms with Crippen LogP contribution in [-0.2, 0) is 11.2 Å². The molecule has 2 atom stereocenters. The first-order valence-corrected chi connectivity index (χ1v) is 10.2. The lowest BCUT2D eigenvalue weighted by molar-refractivity contribution is -0.132. The molecule has 148 valence electrons. The highest BCUT2D eigenvalue weighted by molar-refractivity contribution is 7.99. The van der Waals surface area contributed by atoms with Crippen LogP contribution in [0.1, 0.15) is 5.56 Å². The van der Waals surface area contributed by atoms with Gasteiger partial charge in [0.2, 0.25) is 11.8 Å². The van der Waals surface area contributed by atoms with E-state index >= 15 is 0 Å². The number of H-pyrrole nitrogens is 1. The molecule has 0 aliphatic carbocycles. The van der Waals surface area contributed by atoms with E-state index in [4.69, 9.17) is 16.2 Å². The molecule has 1 aromatic carbocycles. The molecule has 3 aromatic rings. The van der Waals surface area contributed by atoms with Crippen LogP contribution in [0.5, 0.6) is 11.6 Å². The van der Waals surface area contributed by atoms with Crippen molar-refractivity contribution in [1.29, 1.82) is 5.26 Å². The number of nitrogens with zero attached hydrogens (tertiary/aromatic N) is 3. The van der Waals surface area contributed by atoms with Crippen molar-refractivity contribution in [2.45, 2.75) is 18.5 Å². The van der Waals surface area contributed by atoms with Gasteiger partial charge in [0.15, 0.2) is 0 Å². The Morgan fingerprint density at radius 3 is 3.07 bits per heavy atom. The van der Waals surface area contributed by atoms with Gasteiger partial charge in [0.1, 0.15) is 11.8 Å². The first-order chi connectivity index (χ1) is 14.0. The molecule has 1 aliphatic rings. The van der Waals surface area contributed by atoms with Crippen molar-refractivity contribution in [2.75, 3.05) is 17.4 Å². The first-order valence-electron chi connectivity index (χ1n) is 9.08. The molecular weight excluding hydrogens is 388 g/mol. The highest BCUT2D eigenvalue weighted by Crippen LogP contribution is 2.28. The minimum Gasteiger partial charge on any atom is -0.439 e. The number of aromatic amines is 1. The topological polar surface area (TPSA) is 134 Å². The Balaban J connectivity index is 1.52. The number of nitriles is 1. The molecule has 0 bridgehead atoms. The average molecular weight is 408 g/mol. The van der Waals surface area contributed by atoms with Crippen molar-refractivity contribution >= 4 is 34.3 Å². The number of carbonyl (C=O) groups excluding carboxylic acids is 1. The van der Waals surface area contributed by atoms with Crippen molar-refractivity contribution in [1.82, 2.24) is 14.9 Å². The molecule has 1 fully saturated rings. The van der Waals surface area contributed by atoms with Crippen LogP contribution in [-0.4, -0.2) is 44.5 Å². The van der Waals surface area contributed by atoms with E-state index in [-0.39, 0.29) is 5.91 Å². The Bertz CT molecular complexity index is 1070. The van der Waals surface area contributed by atoms with E-state index in [1.807, 2.05) is 24.4 Å². The standard InChI is InChI=1S/C20H20N6O2S/c21-7-14-10-29-11-26(14)20(27)17(23)5-12-8-24-18-3-2-15(6-16(12)18)28-19-4-1-13(22)9-25-19/h1-4,6,8-9,14,17,24H,5,10-11,22-23H2/t14-,17+/m1/s1. The Kier molecular flexibility index (Phi) is 5.29. The van der Waals surface area contributed by atoms with Crippen LogP contribution in [0.2, 0.25) is 0 Å². The fraction of sp³-hybridized carbons (Fsp3) is 0.250. The third kappa shape index (κ3) is 3.99. The molecular formula is C20H20N6O2S. The van der Waals surface area contributed by atoms with E-state index in [1.54, 1.807) is 28.8 Å². The summed E-state index contributed by atoms with van der Waals surface area (Å²) in [5.74, 6) is 2.00. The third-order valence-corrected chi connectivity index (χ3v) is 5.80. The molecule has 8 nitrogen and oxygen atoms in total. The second kappa shape index (κ2) is 8.03. The molecule has 0 unspecified atom stereocenters. The Hall–Kier alpha value is -3.22. The highest BCUT2D eigenvalue weighted by Gasteiger charge is 2.32. The molecule has 0 spiro atoms. The van der Waals surface area contributed by atoms with Gasteiger partial charge in [0, 0.05) is 28.9 Å². The summed E-state index contributed by atoms with van der Waals surface area (Å²) in [5.41, 5.74) is 14.2. The van der Waals surface area contributed by atoms with Crippen LogP contribution in [0.3, 0.4) is 0 Å². The maximum Gasteiger partial charge on any atom is 0.241 e. The van der Waals surface area contributed by atoms with Gasteiger partial charge in [0.05, 0.1) is 29.9 Å². The third-order valence-electron chi connectivity index (χ3n) is 4.79. The maximum atomic E-state index is 12.7. The minimum absolute atomic E-state index is 0.200. The zero-order valence-corrected chi connectivity index (χ0v) is 16.4. The van der Waals surface area contributed by atoms with Gasteiger partial charge in [-0.05, 0) is 36.2 Å². The number of anilines is 1. The van der Waals surface area contributed by atoms with Crippen LogP contribution >= 0.6 is 11.8 Å². The summed E-state index contributed by atoms with van der Waals surface area (Å²) in [6, 6.07) is 10.1. The Morgan fingerprint density at radius 1 is 1.45 bits per heavy atom. The molecule has 0 radical (unpaired) electrons. The summed E-state index contributed by atoms with van der Waals surface area (Å²) in [6.45, 7) is 0. The fourth-order valence-corrected chi connectivity index (χ4v) is 4.35. The number of thioether (sulfide) groups is 1. The summed E-state index contributed by atoms with van der Waals surface area (Å²) >= 11 is 1.57. The smallest absolute Gasteiger partial charge is 0.241 e. The van der Waals surface area contributed by atoms with E-state index < -0.39 is 12.1 Å². The van der Waals surface area contributed by atoms with Crippen LogP contribution < -0.4 is 16.2 Å². The number of pyridine rings is 1. The molecule has 4 rings (SSSR count). The number of carbonyl (C=O) groups is 1. The van der Waals surface area contributed by atoms with Gasteiger partial charge in [-0.3, -0.25) is 4.79 Å². The molecule has 2 aromatic heterocycles. The second-order valence-corrected chi connectivity index (χ2v) is 7.82. The average Bonchev–Trinajstić information content (AvgIpc) is 3.36. The van der Waals surface area contributed by atoms with Gasteiger partial charge in [-0.1, -0.05) is 0 Å². The predicted molar refractivity (Wildman–Crippen MR) is 112 cm³/mol. The van der Waals surface area contributed by atoms with Gasteiger partial charge < -0.3 is 26.1 Å². The summed E-state index contributed by atoms with van der Waals surface area (Å²) in [5, 5.41) is 10.1. The van der Waals surface area contributed by atoms with E-state index in [0.717, 1.165) is 16.5 Å². The molecule has 1 saturated heterocycles. The Labute approximate surface area is 171 Å². The van der Waals surface area contributed by atoms with E-state index in [0.29, 0.717) is 35.4 Å². The lowest BCUT2D eigenvalue weighted by Gasteiger charge is -2.22. The number of aromatic nitrogens is 2. The van der Waals surface area contributed by atoms with Crippen LogP contribution in [0.4, 0.5) is 5.69 Å². The second-order valence-electron chi connectivity index (χ2n) is 6.82. The summed E-state index contributed by atoms with van der Waals surface area (Å²) in [4.78, 5) is 21.6. The number of nitrogen functional groups attached to an aromatic ring is 1. The number of nitrogens with two attached hydrogens (primary N) is 2. The summed E-state index contributed by atoms with van der Waals surface area (Å²) in [7, 11) is 0. The van der Waals surface area contributed by atoms with Crippen LogP contribution in [0.25, 0.3) is 10.9 Å². The zero-order chi connectivity index (χ0) is 20.4. The van der Waals surface area contributed by atoms with Crippen LogP contribution in [0.15, 0.2) is 42.7 Å². The van der Waals surface area contributed by atoms with Crippen molar-refractivity contribution in [3.05, 3.63) is 48.3 Å². The number of rotatable bonds is 5. The van der Waals surface area contributed by atoms with E-state index in [1.165, 1.54) is 6.20 Å². The maximum absolute atomic E-state index is 12.7. The number of amides is 1. The number of nitrogens with one attached hydrogen (secondary N) is 1. The van der Waals surface area contributed by atoms with E-state index in [9.17, 15) is 10.1 Å². The van der Waals surface area contributed by atoms with Crippen molar-refractivity contribution in [2.24, 2.45) is 5.73 Å².